The minimum atomic E-state index is -1.02. The summed E-state index contributed by atoms with van der Waals surface area (Å²) in [5.74, 6) is 0.276. The van der Waals surface area contributed by atoms with Gasteiger partial charge in [-0.1, -0.05) is 6.07 Å². The molecule has 18 heavy (non-hydrogen) atoms. The highest BCUT2D eigenvalue weighted by atomic mass is 16.5. The van der Waals surface area contributed by atoms with Gasteiger partial charge in [-0.25, -0.2) is 0 Å². The van der Waals surface area contributed by atoms with Crippen LogP contribution >= 0.6 is 0 Å². The van der Waals surface area contributed by atoms with Gasteiger partial charge in [0.2, 0.25) is 0 Å². The molecular formula is C12H18N2O4. The van der Waals surface area contributed by atoms with E-state index in [0.717, 1.165) is 5.56 Å². The summed E-state index contributed by atoms with van der Waals surface area (Å²) in [5.41, 5.74) is 6.34. The van der Waals surface area contributed by atoms with E-state index in [1.54, 1.807) is 20.3 Å². The number of hydrogen-bond acceptors (Lipinski definition) is 5. The number of nitrogens with two attached hydrogens (primary N) is 1. The summed E-state index contributed by atoms with van der Waals surface area (Å²) in [6.45, 7) is 0.727. The summed E-state index contributed by atoms with van der Waals surface area (Å²) >= 11 is 0. The standard InChI is InChI=1S/C12H18N2O4/c1-17-10-4-3-8(5-11(10)18-2)6-14-7-9(13)12(15)16/h3-5,9,14H,6-7,13H2,1-2H3,(H,15,16). The first-order valence-electron chi connectivity index (χ1n) is 5.48. The lowest BCUT2D eigenvalue weighted by atomic mass is 10.2. The molecule has 1 unspecified atom stereocenters. The summed E-state index contributed by atoms with van der Waals surface area (Å²) < 4.78 is 10.3. The zero-order valence-corrected chi connectivity index (χ0v) is 10.5. The number of carbonyl (C=O) groups is 1. The molecule has 4 N–H and O–H groups in total. The first-order valence-corrected chi connectivity index (χ1v) is 5.48. The second-order valence-corrected chi connectivity index (χ2v) is 3.76. The van der Waals surface area contributed by atoms with Crippen molar-refractivity contribution in [3.05, 3.63) is 23.8 Å². The van der Waals surface area contributed by atoms with Crippen LogP contribution in [0, 0.1) is 0 Å². The van der Waals surface area contributed by atoms with Crippen LogP contribution in [0.15, 0.2) is 18.2 Å². The number of rotatable bonds is 7. The smallest absolute Gasteiger partial charge is 0.321 e. The van der Waals surface area contributed by atoms with Gasteiger partial charge in [-0.05, 0) is 17.7 Å². The molecule has 0 fully saturated rings. The number of carboxylic acids is 1. The fraction of sp³-hybridized carbons (Fsp3) is 0.417. The highest BCUT2D eigenvalue weighted by Gasteiger charge is 2.10. The van der Waals surface area contributed by atoms with E-state index >= 15 is 0 Å². The second-order valence-electron chi connectivity index (χ2n) is 3.76. The first-order chi connectivity index (χ1) is 8.58. The Balaban J connectivity index is 2.55. The lowest BCUT2D eigenvalue weighted by Crippen LogP contribution is -2.40. The Labute approximate surface area is 106 Å². The van der Waals surface area contributed by atoms with Crippen molar-refractivity contribution >= 4 is 5.97 Å². The molecule has 0 aliphatic heterocycles. The fourth-order valence-corrected chi connectivity index (χ4v) is 1.45. The van der Waals surface area contributed by atoms with Crippen LogP contribution in [0.3, 0.4) is 0 Å². The summed E-state index contributed by atoms with van der Waals surface area (Å²) in [6.07, 6.45) is 0. The molecule has 1 atom stereocenters. The molecule has 0 heterocycles. The molecule has 0 aromatic heterocycles. The zero-order chi connectivity index (χ0) is 13.5. The van der Waals surface area contributed by atoms with Gasteiger partial charge >= 0.3 is 5.97 Å². The van der Waals surface area contributed by atoms with E-state index in [4.69, 9.17) is 20.3 Å². The molecule has 0 radical (unpaired) electrons. The Morgan fingerprint density at radius 3 is 2.61 bits per heavy atom. The Hall–Kier alpha value is -1.79. The molecule has 1 aromatic carbocycles. The van der Waals surface area contributed by atoms with Crippen molar-refractivity contribution in [1.82, 2.24) is 5.32 Å². The maximum Gasteiger partial charge on any atom is 0.321 e. The van der Waals surface area contributed by atoms with Gasteiger partial charge in [0.25, 0.3) is 0 Å². The largest absolute Gasteiger partial charge is 0.493 e. The van der Waals surface area contributed by atoms with Crippen LogP contribution in [0.2, 0.25) is 0 Å². The van der Waals surface area contributed by atoms with Crippen molar-refractivity contribution in [2.75, 3.05) is 20.8 Å². The lowest BCUT2D eigenvalue weighted by molar-refractivity contribution is -0.138. The second kappa shape index (κ2) is 6.83. The zero-order valence-electron chi connectivity index (χ0n) is 10.5. The van der Waals surface area contributed by atoms with Gasteiger partial charge in [0.1, 0.15) is 6.04 Å². The van der Waals surface area contributed by atoms with E-state index in [-0.39, 0.29) is 6.54 Å². The van der Waals surface area contributed by atoms with Crippen molar-refractivity contribution in [2.24, 2.45) is 5.73 Å². The molecule has 100 valence electrons. The number of nitrogens with one attached hydrogen (secondary N) is 1. The summed E-state index contributed by atoms with van der Waals surface area (Å²) in [4.78, 5) is 10.5. The highest BCUT2D eigenvalue weighted by Crippen LogP contribution is 2.27. The van der Waals surface area contributed by atoms with Crippen molar-refractivity contribution < 1.29 is 19.4 Å². The Morgan fingerprint density at radius 2 is 2.06 bits per heavy atom. The van der Waals surface area contributed by atoms with Gasteiger partial charge in [-0.3, -0.25) is 4.79 Å². The number of methoxy groups -OCH3 is 2. The average Bonchev–Trinajstić information content (AvgIpc) is 2.38. The van der Waals surface area contributed by atoms with Gasteiger partial charge in [0.15, 0.2) is 11.5 Å². The van der Waals surface area contributed by atoms with Gasteiger partial charge in [0, 0.05) is 13.1 Å². The average molecular weight is 254 g/mol. The van der Waals surface area contributed by atoms with E-state index in [2.05, 4.69) is 5.32 Å². The molecule has 0 aliphatic carbocycles. The van der Waals surface area contributed by atoms with Crippen molar-refractivity contribution in [1.29, 1.82) is 0 Å². The molecule has 0 aliphatic rings. The fourth-order valence-electron chi connectivity index (χ4n) is 1.45. The van der Waals surface area contributed by atoms with E-state index in [1.165, 1.54) is 0 Å². The predicted molar refractivity (Wildman–Crippen MR) is 66.9 cm³/mol. The summed E-state index contributed by atoms with van der Waals surface area (Å²) in [7, 11) is 3.14. The molecule has 0 saturated carbocycles. The SMILES string of the molecule is COc1ccc(CNCC(N)C(=O)O)cc1OC. The van der Waals surface area contributed by atoms with Gasteiger partial charge in [-0.15, -0.1) is 0 Å². The van der Waals surface area contributed by atoms with Crippen LogP contribution in [0.1, 0.15) is 5.56 Å². The van der Waals surface area contributed by atoms with Gasteiger partial charge in [-0.2, -0.15) is 0 Å². The number of aliphatic carboxylic acids is 1. The Kier molecular flexibility index (Phi) is 5.41. The van der Waals surface area contributed by atoms with Crippen LogP contribution in [0.25, 0.3) is 0 Å². The molecule has 1 rings (SSSR count). The van der Waals surface area contributed by atoms with Crippen molar-refractivity contribution in [3.8, 4) is 11.5 Å². The number of benzene rings is 1. The molecule has 0 amide bonds. The quantitative estimate of drug-likeness (QED) is 0.644. The molecule has 6 nitrogen and oxygen atoms in total. The Bertz CT molecular complexity index is 409. The highest BCUT2D eigenvalue weighted by molar-refractivity contribution is 5.73. The predicted octanol–water partition coefficient (Wildman–Crippen LogP) is 0.205. The summed E-state index contributed by atoms with van der Waals surface area (Å²) in [5, 5.41) is 11.6. The molecule has 0 spiro atoms. The maximum atomic E-state index is 10.5. The molecule has 0 bridgehead atoms. The first kappa shape index (κ1) is 14.3. The minimum Gasteiger partial charge on any atom is -0.493 e. The molecular weight excluding hydrogens is 236 g/mol. The molecule has 1 aromatic rings. The third-order valence-corrected chi connectivity index (χ3v) is 2.46. The minimum absolute atomic E-state index is 0.212. The van der Waals surface area contributed by atoms with Crippen LogP contribution in [-0.4, -0.2) is 37.9 Å². The Morgan fingerprint density at radius 1 is 1.39 bits per heavy atom. The third kappa shape index (κ3) is 3.90. The molecule has 6 heteroatoms. The number of ether oxygens (including phenoxy) is 2. The van der Waals surface area contributed by atoms with E-state index in [1.807, 2.05) is 12.1 Å². The number of carboxylic acid groups (broad SMARTS) is 1. The topological polar surface area (TPSA) is 93.8 Å². The van der Waals surface area contributed by atoms with Crippen LogP contribution in [-0.2, 0) is 11.3 Å². The maximum absolute atomic E-state index is 10.5. The lowest BCUT2D eigenvalue weighted by Gasteiger charge is -2.11. The van der Waals surface area contributed by atoms with Crippen molar-refractivity contribution in [3.63, 3.8) is 0 Å². The van der Waals surface area contributed by atoms with Crippen LogP contribution in [0.5, 0.6) is 11.5 Å². The van der Waals surface area contributed by atoms with E-state index in [0.29, 0.717) is 18.0 Å². The van der Waals surface area contributed by atoms with Crippen LogP contribution in [0.4, 0.5) is 0 Å². The van der Waals surface area contributed by atoms with Crippen molar-refractivity contribution in [2.45, 2.75) is 12.6 Å². The summed E-state index contributed by atoms with van der Waals surface area (Å²) in [6, 6.07) is 4.61. The third-order valence-electron chi connectivity index (χ3n) is 2.46. The van der Waals surface area contributed by atoms with Gasteiger partial charge < -0.3 is 25.6 Å². The molecule has 0 saturated heterocycles. The van der Waals surface area contributed by atoms with E-state index in [9.17, 15) is 4.79 Å². The monoisotopic (exact) mass is 254 g/mol. The number of hydrogen-bond donors (Lipinski definition) is 3. The van der Waals surface area contributed by atoms with Gasteiger partial charge in [0.05, 0.1) is 14.2 Å². The van der Waals surface area contributed by atoms with E-state index < -0.39 is 12.0 Å². The van der Waals surface area contributed by atoms with Crippen LogP contribution < -0.4 is 20.5 Å². The normalized spacial score (nSPS) is 11.9.